The number of amides is 3. The van der Waals surface area contributed by atoms with E-state index in [1.54, 1.807) is 17.0 Å². The van der Waals surface area contributed by atoms with Gasteiger partial charge in [-0.15, -0.1) is 12.4 Å². The number of hydrogen-bond donors (Lipinski definition) is 3. The van der Waals surface area contributed by atoms with Gasteiger partial charge in [-0.3, -0.25) is 14.4 Å². The van der Waals surface area contributed by atoms with E-state index in [1.165, 1.54) is 0 Å². The van der Waals surface area contributed by atoms with Gasteiger partial charge in [0.15, 0.2) is 0 Å². The van der Waals surface area contributed by atoms with Gasteiger partial charge in [-0.1, -0.05) is 12.1 Å². The Morgan fingerprint density at radius 1 is 1.22 bits per heavy atom. The number of rotatable bonds is 4. The van der Waals surface area contributed by atoms with Crippen molar-refractivity contribution in [3.8, 4) is 0 Å². The topological polar surface area (TPSA) is 90.5 Å². The van der Waals surface area contributed by atoms with E-state index in [1.807, 2.05) is 12.1 Å². The molecule has 2 fully saturated rings. The van der Waals surface area contributed by atoms with Crippen molar-refractivity contribution in [1.82, 2.24) is 20.9 Å². The fraction of sp³-hybridized carbons (Fsp3) is 0.526. The van der Waals surface area contributed by atoms with Gasteiger partial charge in [-0.25, -0.2) is 0 Å². The summed E-state index contributed by atoms with van der Waals surface area (Å²) >= 11 is 0. The molecule has 0 saturated carbocycles. The molecule has 2 saturated heterocycles. The zero-order valence-corrected chi connectivity index (χ0v) is 16.3. The maximum atomic E-state index is 12.4. The molecule has 8 heteroatoms. The van der Waals surface area contributed by atoms with Crippen LogP contribution in [-0.4, -0.2) is 54.8 Å². The van der Waals surface area contributed by atoms with Crippen molar-refractivity contribution in [2.75, 3.05) is 26.2 Å². The van der Waals surface area contributed by atoms with Crippen LogP contribution in [0.25, 0.3) is 0 Å². The molecule has 3 N–H and O–H groups in total. The van der Waals surface area contributed by atoms with Crippen molar-refractivity contribution in [1.29, 1.82) is 0 Å². The van der Waals surface area contributed by atoms with Gasteiger partial charge in [-0.05, 0) is 44.0 Å². The van der Waals surface area contributed by atoms with Crippen LogP contribution in [0.4, 0.5) is 0 Å². The van der Waals surface area contributed by atoms with Crippen molar-refractivity contribution in [3.63, 3.8) is 0 Å². The Kier molecular flexibility index (Phi) is 7.62. The molecule has 2 heterocycles. The highest BCUT2D eigenvalue weighted by Gasteiger charge is 2.24. The molecular formula is C19H27ClN4O3. The predicted molar refractivity (Wildman–Crippen MR) is 105 cm³/mol. The molecule has 7 nitrogen and oxygen atoms in total. The Hall–Kier alpha value is -2.12. The summed E-state index contributed by atoms with van der Waals surface area (Å²) in [5.74, 6) is -0.106. The van der Waals surface area contributed by atoms with E-state index in [0.29, 0.717) is 31.2 Å². The molecule has 0 bridgehead atoms. The lowest BCUT2D eigenvalue weighted by Gasteiger charge is -2.27. The Morgan fingerprint density at radius 2 is 1.96 bits per heavy atom. The van der Waals surface area contributed by atoms with Crippen LogP contribution in [0, 0.1) is 5.92 Å². The second-order valence-electron chi connectivity index (χ2n) is 7.07. The Balaban J connectivity index is 0.00000261. The summed E-state index contributed by atoms with van der Waals surface area (Å²) in [6, 6.07) is 7.58. The second kappa shape index (κ2) is 9.71. The summed E-state index contributed by atoms with van der Waals surface area (Å²) in [5.41, 5.74) is 1.51. The third kappa shape index (κ3) is 5.68. The van der Waals surface area contributed by atoms with Crippen LogP contribution in [0.3, 0.4) is 0 Å². The maximum Gasteiger partial charge on any atom is 0.254 e. The Labute approximate surface area is 165 Å². The van der Waals surface area contributed by atoms with Crippen molar-refractivity contribution in [2.24, 2.45) is 5.92 Å². The molecule has 2 atom stereocenters. The van der Waals surface area contributed by atoms with E-state index in [4.69, 9.17) is 0 Å². The zero-order chi connectivity index (χ0) is 18.5. The maximum absolute atomic E-state index is 12.4. The standard InChI is InChI=1S/C19H26N4O3.ClH/c1-13-10-16(6-7-20-13)18(25)22-11-14-2-4-15(5-3-14)19(26)23-9-8-21-17(24)12-23;/h2-5,13,16,20H,6-12H2,1H3,(H,21,24)(H,22,25);1H/t13-,16-;/m0./s1. The third-order valence-electron chi connectivity index (χ3n) is 4.99. The van der Waals surface area contributed by atoms with Gasteiger partial charge in [0, 0.05) is 37.2 Å². The molecule has 0 aliphatic carbocycles. The summed E-state index contributed by atoms with van der Waals surface area (Å²) in [6.45, 7) is 4.55. The van der Waals surface area contributed by atoms with Gasteiger partial charge in [-0.2, -0.15) is 0 Å². The van der Waals surface area contributed by atoms with Crippen LogP contribution in [0.2, 0.25) is 0 Å². The minimum absolute atomic E-state index is 0. The summed E-state index contributed by atoms with van der Waals surface area (Å²) in [6.07, 6.45) is 1.73. The SMILES string of the molecule is C[C@H]1C[C@@H](C(=O)NCc2ccc(C(=O)N3CCNC(=O)C3)cc2)CCN1.Cl. The van der Waals surface area contributed by atoms with E-state index in [2.05, 4.69) is 22.9 Å². The van der Waals surface area contributed by atoms with E-state index >= 15 is 0 Å². The smallest absolute Gasteiger partial charge is 0.254 e. The van der Waals surface area contributed by atoms with Crippen LogP contribution in [0.15, 0.2) is 24.3 Å². The highest BCUT2D eigenvalue weighted by Crippen LogP contribution is 2.16. The fourth-order valence-corrected chi connectivity index (χ4v) is 3.46. The molecule has 2 aliphatic rings. The molecule has 0 unspecified atom stereocenters. The molecule has 27 heavy (non-hydrogen) atoms. The first-order valence-electron chi connectivity index (χ1n) is 9.19. The number of benzene rings is 1. The van der Waals surface area contributed by atoms with Crippen LogP contribution in [0.1, 0.15) is 35.7 Å². The first-order valence-corrected chi connectivity index (χ1v) is 9.19. The average molecular weight is 395 g/mol. The van der Waals surface area contributed by atoms with Crippen LogP contribution in [0.5, 0.6) is 0 Å². The van der Waals surface area contributed by atoms with E-state index < -0.39 is 0 Å². The lowest BCUT2D eigenvalue weighted by atomic mass is 9.92. The van der Waals surface area contributed by atoms with Crippen molar-refractivity contribution in [2.45, 2.75) is 32.4 Å². The molecule has 1 aromatic rings. The normalized spacial score (nSPS) is 22.4. The predicted octanol–water partition coefficient (Wildman–Crippen LogP) is 0.685. The lowest BCUT2D eigenvalue weighted by molar-refractivity contribution is -0.126. The summed E-state index contributed by atoms with van der Waals surface area (Å²) in [5, 5.41) is 9.05. The number of nitrogens with one attached hydrogen (secondary N) is 3. The van der Waals surface area contributed by atoms with E-state index in [9.17, 15) is 14.4 Å². The number of nitrogens with zero attached hydrogens (tertiary/aromatic N) is 1. The largest absolute Gasteiger partial charge is 0.353 e. The number of carbonyl (C=O) groups is 3. The molecule has 2 aliphatic heterocycles. The van der Waals surface area contributed by atoms with Gasteiger partial charge in [0.1, 0.15) is 0 Å². The molecule has 3 rings (SSSR count). The van der Waals surface area contributed by atoms with Gasteiger partial charge in [0.2, 0.25) is 11.8 Å². The Morgan fingerprint density at radius 3 is 2.63 bits per heavy atom. The molecule has 0 spiro atoms. The number of piperazine rings is 1. The van der Waals surface area contributed by atoms with Gasteiger partial charge in [0.25, 0.3) is 5.91 Å². The lowest BCUT2D eigenvalue weighted by Crippen LogP contribution is -2.49. The van der Waals surface area contributed by atoms with Gasteiger partial charge in [0.05, 0.1) is 6.54 Å². The van der Waals surface area contributed by atoms with E-state index in [-0.39, 0.29) is 42.6 Å². The van der Waals surface area contributed by atoms with Crippen LogP contribution < -0.4 is 16.0 Å². The fourth-order valence-electron chi connectivity index (χ4n) is 3.46. The number of hydrogen-bond acceptors (Lipinski definition) is 4. The number of carbonyl (C=O) groups excluding carboxylic acids is 3. The van der Waals surface area contributed by atoms with E-state index in [0.717, 1.165) is 24.9 Å². The summed E-state index contributed by atoms with van der Waals surface area (Å²) < 4.78 is 0. The monoisotopic (exact) mass is 394 g/mol. The zero-order valence-electron chi connectivity index (χ0n) is 15.5. The minimum atomic E-state index is -0.140. The van der Waals surface area contributed by atoms with Crippen molar-refractivity contribution >= 4 is 30.1 Å². The summed E-state index contributed by atoms with van der Waals surface area (Å²) in [4.78, 5) is 37.7. The van der Waals surface area contributed by atoms with Crippen LogP contribution >= 0.6 is 12.4 Å². The first kappa shape index (κ1) is 21.2. The highest BCUT2D eigenvalue weighted by molar-refractivity contribution is 5.97. The van der Waals surface area contributed by atoms with Gasteiger partial charge >= 0.3 is 0 Å². The third-order valence-corrected chi connectivity index (χ3v) is 4.99. The number of halogens is 1. The summed E-state index contributed by atoms with van der Waals surface area (Å²) in [7, 11) is 0. The number of piperidine rings is 1. The molecule has 3 amide bonds. The van der Waals surface area contributed by atoms with Crippen LogP contribution in [-0.2, 0) is 16.1 Å². The van der Waals surface area contributed by atoms with Crippen molar-refractivity contribution < 1.29 is 14.4 Å². The first-order chi connectivity index (χ1) is 12.5. The Bertz CT molecular complexity index is 680. The minimum Gasteiger partial charge on any atom is -0.353 e. The average Bonchev–Trinajstić information content (AvgIpc) is 2.66. The molecule has 148 valence electrons. The molecular weight excluding hydrogens is 368 g/mol. The quantitative estimate of drug-likeness (QED) is 0.700. The molecule has 0 radical (unpaired) electrons. The highest BCUT2D eigenvalue weighted by atomic mass is 35.5. The second-order valence-corrected chi connectivity index (χ2v) is 7.07. The van der Waals surface area contributed by atoms with Gasteiger partial charge < -0.3 is 20.9 Å². The van der Waals surface area contributed by atoms with Crippen molar-refractivity contribution in [3.05, 3.63) is 35.4 Å². The molecule has 1 aromatic carbocycles. The molecule has 0 aromatic heterocycles.